The fraction of sp³-hybridized carbons (Fsp3) is 0.550. The fourth-order valence-electron chi connectivity index (χ4n) is 3.87. The normalized spacial score (nSPS) is 18.9. The van der Waals surface area contributed by atoms with E-state index in [1.807, 2.05) is 11.9 Å². The molecule has 2 fully saturated rings. The monoisotopic (exact) mass is 372 g/mol. The van der Waals surface area contributed by atoms with Gasteiger partial charge in [-0.1, -0.05) is 50.5 Å². The number of nitrogens with one attached hydrogen (secondary N) is 2. The number of carbonyl (C=O) groups excluding carboxylic acids is 3. The highest BCUT2D eigenvalue weighted by molar-refractivity contribution is 6.08. The van der Waals surface area contributed by atoms with Crippen molar-refractivity contribution in [3.05, 3.63) is 35.4 Å². The number of hydrogen-bond donors (Lipinski definition) is 2. The van der Waals surface area contributed by atoms with Crippen LogP contribution in [-0.4, -0.2) is 46.9 Å². The van der Waals surface area contributed by atoms with Crippen LogP contribution in [0.15, 0.2) is 24.3 Å². The quantitative estimate of drug-likeness (QED) is 0.748. The Labute approximate surface area is 160 Å². The van der Waals surface area contributed by atoms with Crippen molar-refractivity contribution in [2.75, 3.05) is 13.6 Å². The van der Waals surface area contributed by atoms with Gasteiger partial charge in [0, 0.05) is 6.54 Å². The zero-order valence-corrected chi connectivity index (χ0v) is 16.1. The largest absolute Gasteiger partial charge is 0.344 e. The first kappa shape index (κ1) is 19.4. The molecule has 3 rings (SSSR count). The van der Waals surface area contributed by atoms with Gasteiger partial charge in [-0.05, 0) is 37.4 Å². The van der Waals surface area contributed by atoms with Crippen LogP contribution in [0.1, 0.15) is 50.2 Å². The lowest BCUT2D eigenvalue weighted by Gasteiger charge is -2.30. The van der Waals surface area contributed by atoms with E-state index in [0.717, 1.165) is 36.3 Å². The molecule has 1 heterocycles. The number of rotatable bonds is 6. The number of urea groups is 1. The molecule has 146 valence electrons. The second-order valence-electron chi connectivity index (χ2n) is 7.59. The van der Waals surface area contributed by atoms with Gasteiger partial charge in [-0.15, -0.1) is 0 Å². The van der Waals surface area contributed by atoms with E-state index >= 15 is 0 Å². The standard InChI is InChI=1S/C20H28N4O3/c1-3-15-7-9-16(10-8-15)13-23(2)14-17(25)22-24-18(26)20(21-19(24)27)11-5-4-6-12-20/h7-10H,3-6,11-14H2,1-2H3,(H,21,27)(H,22,25). The fourth-order valence-corrected chi connectivity index (χ4v) is 3.87. The van der Waals surface area contributed by atoms with Crippen LogP contribution in [0.5, 0.6) is 0 Å². The molecule has 1 aliphatic carbocycles. The molecule has 0 radical (unpaired) electrons. The number of imide groups is 1. The molecule has 7 heteroatoms. The zero-order valence-electron chi connectivity index (χ0n) is 16.1. The molecule has 1 aliphatic heterocycles. The lowest BCUT2D eigenvalue weighted by molar-refractivity contribution is -0.140. The van der Waals surface area contributed by atoms with Crippen molar-refractivity contribution in [3.63, 3.8) is 0 Å². The van der Waals surface area contributed by atoms with E-state index in [9.17, 15) is 14.4 Å². The van der Waals surface area contributed by atoms with Crippen LogP contribution in [0.4, 0.5) is 4.79 Å². The van der Waals surface area contributed by atoms with Gasteiger partial charge in [-0.2, -0.15) is 5.01 Å². The molecule has 0 unspecified atom stereocenters. The first-order chi connectivity index (χ1) is 12.9. The number of nitrogens with zero attached hydrogens (tertiary/aromatic N) is 2. The minimum absolute atomic E-state index is 0.0968. The molecule has 7 nitrogen and oxygen atoms in total. The SMILES string of the molecule is CCc1ccc(CN(C)CC(=O)NN2C(=O)NC3(CCCCC3)C2=O)cc1. The predicted octanol–water partition coefficient (Wildman–Crippen LogP) is 1.97. The number of hydrazine groups is 1. The van der Waals surface area contributed by atoms with Crippen LogP contribution in [-0.2, 0) is 22.6 Å². The third kappa shape index (κ3) is 4.30. The first-order valence-corrected chi connectivity index (χ1v) is 9.66. The lowest BCUT2D eigenvalue weighted by atomic mass is 9.82. The van der Waals surface area contributed by atoms with Crippen molar-refractivity contribution in [1.29, 1.82) is 0 Å². The maximum atomic E-state index is 12.7. The second kappa shape index (κ2) is 8.08. The van der Waals surface area contributed by atoms with Gasteiger partial charge in [0.2, 0.25) is 0 Å². The van der Waals surface area contributed by atoms with E-state index in [1.54, 1.807) is 0 Å². The molecule has 0 atom stereocenters. The van der Waals surface area contributed by atoms with Crippen LogP contribution in [0.2, 0.25) is 0 Å². The Kier molecular flexibility index (Phi) is 5.79. The molecule has 1 saturated heterocycles. The predicted molar refractivity (Wildman–Crippen MR) is 101 cm³/mol. The number of benzene rings is 1. The van der Waals surface area contributed by atoms with Gasteiger partial charge < -0.3 is 5.32 Å². The Morgan fingerprint density at radius 1 is 1.15 bits per heavy atom. The van der Waals surface area contributed by atoms with Gasteiger partial charge in [-0.25, -0.2) is 4.79 Å². The number of carbonyl (C=O) groups is 3. The highest BCUT2D eigenvalue weighted by Crippen LogP contribution is 2.32. The summed E-state index contributed by atoms with van der Waals surface area (Å²) >= 11 is 0. The van der Waals surface area contributed by atoms with E-state index in [4.69, 9.17) is 0 Å². The summed E-state index contributed by atoms with van der Waals surface area (Å²) < 4.78 is 0. The topological polar surface area (TPSA) is 81.8 Å². The van der Waals surface area contributed by atoms with Crippen LogP contribution in [0.3, 0.4) is 0 Å². The average molecular weight is 372 g/mol. The summed E-state index contributed by atoms with van der Waals surface area (Å²) in [5.74, 6) is -0.711. The van der Waals surface area contributed by atoms with Gasteiger partial charge in [0.25, 0.3) is 11.8 Å². The van der Waals surface area contributed by atoms with Gasteiger partial charge in [-0.3, -0.25) is 19.9 Å². The highest BCUT2D eigenvalue weighted by Gasteiger charge is 2.52. The summed E-state index contributed by atoms with van der Waals surface area (Å²) in [7, 11) is 1.84. The molecule has 1 spiro atoms. The molecule has 0 aromatic heterocycles. The Hall–Kier alpha value is -2.41. The molecular weight excluding hydrogens is 344 g/mol. The molecule has 1 aromatic rings. The summed E-state index contributed by atoms with van der Waals surface area (Å²) in [6, 6.07) is 7.74. The summed E-state index contributed by atoms with van der Waals surface area (Å²) in [5.41, 5.74) is 4.03. The molecule has 27 heavy (non-hydrogen) atoms. The number of amides is 4. The van der Waals surface area contributed by atoms with Gasteiger partial charge in [0.15, 0.2) is 0 Å². The third-order valence-electron chi connectivity index (χ3n) is 5.40. The van der Waals surface area contributed by atoms with Gasteiger partial charge in [0.05, 0.1) is 6.54 Å². The molecule has 2 N–H and O–H groups in total. The second-order valence-corrected chi connectivity index (χ2v) is 7.59. The summed E-state index contributed by atoms with van der Waals surface area (Å²) in [4.78, 5) is 39.1. The third-order valence-corrected chi connectivity index (χ3v) is 5.40. The van der Waals surface area contributed by atoms with Crippen molar-refractivity contribution in [1.82, 2.24) is 20.7 Å². The van der Waals surface area contributed by atoms with E-state index in [2.05, 4.69) is 41.9 Å². The molecule has 4 amide bonds. The Balaban J connectivity index is 1.53. The summed E-state index contributed by atoms with van der Waals surface area (Å²) in [6.45, 7) is 2.82. The molecule has 0 bridgehead atoms. The van der Waals surface area contributed by atoms with Gasteiger partial charge >= 0.3 is 6.03 Å². The number of hydrogen-bond acceptors (Lipinski definition) is 4. The average Bonchev–Trinajstić information content (AvgIpc) is 2.87. The minimum atomic E-state index is -0.824. The molecule has 2 aliphatic rings. The smallest absolute Gasteiger partial charge is 0.322 e. The minimum Gasteiger partial charge on any atom is -0.322 e. The Morgan fingerprint density at radius 3 is 2.41 bits per heavy atom. The Bertz CT molecular complexity index is 710. The van der Waals surface area contributed by atoms with E-state index in [0.29, 0.717) is 19.4 Å². The van der Waals surface area contributed by atoms with Crippen molar-refractivity contribution in [2.45, 2.75) is 57.5 Å². The van der Waals surface area contributed by atoms with E-state index in [-0.39, 0.29) is 18.4 Å². The van der Waals surface area contributed by atoms with E-state index < -0.39 is 11.6 Å². The summed E-state index contributed by atoms with van der Waals surface area (Å²) in [6.07, 6.45) is 5.16. The molecular formula is C20H28N4O3. The van der Waals surface area contributed by atoms with E-state index in [1.165, 1.54) is 5.56 Å². The maximum Gasteiger partial charge on any atom is 0.344 e. The van der Waals surface area contributed by atoms with Crippen molar-refractivity contribution >= 4 is 17.8 Å². The Morgan fingerprint density at radius 2 is 1.78 bits per heavy atom. The number of likely N-dealkylation sites (N-methyl/N-ethyl adjacent to an activating group) is 1. The molecule has 1 saturated carbocycles. The van der Waals surface area contributed by atoms with Crippen LogP contribution in [0.25, 0.3) is 0 Å². The maximum absolute atomic E-state index is 12.7. The lowest BCUT2D eigenvalue weighted by Crippen LogP contribution is -2.52. The molecule has 1 aromatic carbocycles. The number of aryl methyl sites for hydroxylation is 1. The highest BCUT2D eigenvalue weighted by atomic mass is 16.2. The van der Waals surface area contributed by atoms with Crippen molar-refractivity contribution in [3.8, 4) is 0 Å². The van der Waals surface area contributed by atoms with Gasteiger partial charge in [0.1, 0.15) is 5.54 Å². The van der Waals surface area contributed by atoms with Crippen LogP contribution >= 0.6 is 0 Å². The van der Waals surface area contributed by atoms with Crippen LogP contribution in [0, 0.1) is 0 Å². The first-order valence-electron chi connectivity index (χ1n) is 9.66. The summed E-state index contributed by atoms with van der Waals surface area (Å²) in [5, 5.41) is 3.65. The zero-order chi connectivity index (χ0) is 19.4. The van der Waals surface area contributed by atoms with Crippen molar-refractivity contribution in [2.24, 2.45) is 0 Å². The van der Waals surface area contributed by atoms with Crippen LogP contribution < -0.4 is 10.7 Å². The van der Waals surface area contributed by atoms with Crippen molar-refractivity contribution < 1.29 is 14.4 Å².